The van der Waals surface area contributed by atoms with Gasteiger partial charge in [0, 0.05) is 49.3 Å². The lowest BCUT2D eigenvalue weighted by atomic mass is 9.98. The Hall–Kier alpha value is -7.88. The molecule has 12 aromatic rings. The number of hydrogen-bond acceptors (Lipinski definition) is 2. The molecule has 12 rings (SSSR count). The van der Waals surface area contributed by atoms with Crippen molar-refractivity contribution in [3.63, 3.8) is 0 Å². The number of benzene rings is 10. The zero-order valence-electron chi connectivity index (χ0n) is 32.1. The molecule has 0 N–H and O–H groups in total. The summed E-state index contributed by atoms with van der Waals surface area (Å²) in [6.07, 6.45) is 0. The number of nitrogens with zero attached hydrogens (tertiary/aromatic N) is 2. The second kappa shape index (κ2) is 13.4. The third-order valence-corrected chi connectivity index (χ3v) is 12.0. The second-order valence-electron chi connectivity index (χ2n) is 15.3. The molecule has 59 heavy (non-hydrogen) atoms. The fraction of sp³-hybridized carbons (Fsp3) is 0. The molecule has 0 spiro atoms. The van der Waals surface area contributed by atoms with Gasteiger partial charge in [-0.05, 0) is 94.2 Å². The van der Waals surface area contributed by atoms with Crippen molar-refractivity contribution in [1.29, 1.82) is 0 Å². The summed E-state index contributed by atoms with van der Waals surface area (Å²) >= 11 is 0. The summed E-state index contributed by atoms with van der Waals surface area (Å²) in [6, 6.07) is 78.8. The third kappa shape index (κ3) is 5.36. The van der Waals surface area contributed by atoms with Gasteiger partial charge in [-0.3, -0.25) is 0 Å². The quantitative estimate of drug-likeness (QED) is 0.169. The minimum Gasteiger partial charge on any atom is -0.455 e. The fourth-order valence-corrected chi connectivity index (χ4v) is 9.22. The average molecular weight is 753 g/mol. The number of rotatable bonds is 6. The normalized spacial score (nSPS) is 11.7. The van der Waals surface area contributed by atoms with Crippen molar-refractivity contribution in [3.8, 4) is 27.9 Å². The highest BCUT2D eigenvalue weighted by atomic mass is 16.3. The summed E-state index contributed by atoms with van der Waals surface area (Å²) in [5.41, 5.74) is 13.3. The van der Waals surface area contributed by atoms with Crippen LogP contribution in [0.3, 0.4) is 0 Å². The first-order valence-electron chi connectivity index (χ1n) is 20.2. The van der Waals surface area contributed by atoms with Crippen LogP contribution < -0.4 is 4.90 Å². The third-order valence-electron chi connectivity index (χ3n) is 12.0. The monoisotopic (exact) mass is 752 g/mol. The molecular weight excluding hydrogens is 717 g/mol. The first-order chi connectivity index (χ1) is 29.3. The first kappa shape index (κ1) is 33.3. The number of hydrogen-bond donors (Lipinski definition) is 0. The van der Waals surface area contributed by atoms with Crippen LogP contribution in [0.5, 0.6) is 0 Å². The fourth-order valence-electron chi connectivity index (χ4n) is 9.22. The van der Waals surface area contributed by atoms with Gasteiger partial charge in [0.25, 0.3) is 0 Å². The summed E-state index contributed by atoms with van der Waals surface area (Å²) in [5.74, 6) is 0. The number of furan rings is 1. The van der Waals surface area contributed by atoms with Crippen LogP contribution in [-0.4, -0.2) is 4.57 Å². The molecule has 0 atom stereocenters. The first-order valence-corrected chi connectivity index (χ1v) is 20.2. The number of fused-ring (bicyclic) bond motifs is 9. The molecule has 0 radical (unpaired) electrons. The van der Waals surface area contributed by atoms with Gasteiger partial charge in [0.2, 0.25) is 0 Å². The summed E-state index contributed by atoms with van der Waals surface area (Å²) < 4.78 is 8.91. The van der Waals surface area contributed by atoms with Gasteiger partial charge in [-0.15, -0.1) is 0 Å². The van der Waals surface area contributed by atoms with E-state index in [0.717, 1.165) is 66.8 Å². The van der Waals surface area contributed by atoms with E-state index in [0.29, 0.717) is 0 Å². The number of aromatic nitrogens is 1. The summed E-state index contributed by atoms with van der Waals surface area (Å²) in [5, 5.41) is 9.46. The Bertz CT molecular complexity index is 3510. The van der Waals surface area contributed by atoms with Crippen molar-refractivity contribution in [3.05, 3.63) is 218 Å². The Morgan fingerprint density at radius 3 is 1.76 bits per heavy atom. The zero-order chi connectivity index (χ0) is 38.9. The molecule has 0 aliphatic carbocycles. The Morgan fingerprint density at radius 1 is 0.356 bits per heavy atom. The highest BCUT2D eigenvalue weighted by molar-refractivity contribution is 6.16. The van der Waals surface area contributed by atoms with Crippen LogP contribution in [0, 0.1) is 0 Å². The lowest BCUT2D eigenvalue weighted by molar-refractivity contribution is 0.672. The van der Waals surface area contributed by atoms with Crippen LogP contribution in [0.25, 0.3) is 93.2 Å². The van der Waals surface area contributed by atoms with E-state index < -0.39 is 0 Å². The molecule has 10 aromatic carbocycles. The second-order valence-corrected chi connectivity index (χ2v) is 15.3. The van der Waals surface area contributed by atoms with E-state index in [4.69, 9.17) is 4.42 Å². The summed E-state index contributed by atoms with van der Waals surface area (Å²) in [4.78, 5) is 2.42. The Labute approximate surface area is 341 Å². The predicted octanol–water partition coefficient (Wildman–Crippen LogP) is 15.8. The highest BCUT2D eigenvalue weighted by Gasteiger charge is 2.21. The lowest BCUT2D eigenvalue weighted by Crippen LogP contribution is -2.11. The molecule has 0 amide bonds. The van der Waals surface area contributed by atoms with Gasteiger partial charge in [-0.2, -0.15) is 0 Å². The smallest absolute Gasteiger partial charge is 0.143 e. The zero-order valence-corrected chi connectivity index (χ0v) is 32.1. The van der Waals surface area contributed by atoms with Crippen LogP contribution in [0.1, 0.15) is 0 Å². The minimum atomic E-state index is 0.890. The van der Waals surface area contributed by atoms with Crippen LogP contribution >= 0.6 is 0 Å². The summed E-state index contributed by atoms with van der Waals surface area (Å²) in [7, 11) is 0. The van der Waals surface area contributed by atoms with Gasteiger partial charge in [-0.1, -0.05) is 152 Å². The maximum atomic E-state index is 6.52. The van der Waals surface area contributed by atoms with Crippen LogP contribution in [-0.2, 0) is 0 Å². The average Bonchev–Trinajstić information content (AvgIpc) is 3.86. The van der Waals surface area contributed by atoms with E-state index in [9.17, 15) is 0 Å². The number of para-hydroxylation sites is 3. The van der Waals surface area contributed by atoms with Crippen LogP contribution in [0.2, 0.25) is 0 Å². The number of anilines is 3. The van der Waals surface area contributed by atoms with E-state index in [1.807, 2.05) is 0 Å². The van der Waals surface area contributed by atoms with Crippen LogP contribution in [0.15, 0.2) is 223 Å². The van der Waals surface area contributed by atoms with Gasteiger partial charge < -0.3 is 13.9 Å². The van der Waals surface area contributed by atoms with Crippen molar-refractivity contribution in [1.82, 2.24) is 4.57 Å². The molecule has 3 nitrogen and oxygen atoms in total. The van der Waals surface area contributed by atoms with Gasteiger partial charge in [0.05, 0.1) is 22.4 Å². The largest absolute Gasteiger partial charge is 0.455 e. The van der Waals surface area contributed by atoms with E-state index in [-0.39, 0.29) is 0 Å². The molecule has 3 heteroatoms. The summed E-state index contributed by atoms with van der Waals surface area (Å²) in [6.45, 7) is 0. The standard InChI is InChI=1S/C56H36N2O/c1-3-18-44-38(13-1)15-12-26-52(44)57(51-23-8-5-19-45(51)41-30-34-55-50(36-41)49-33-29-39-14-2-4-20-46(39)56(49)59-55)42-31-27-37(28-32-42)40-16-11-17-43(35-40)58-53-24-9-6-21-47(53)48-22-7-10-25-54(48)58/h1-36H. The van der Waals surface area contributed by atoms with Crippen molar-refractivity contribution < 1.29 is 4.42 Å². The van der Waals surface area contributed by atoms with Crippen molar-refractivity contribution >= 4 is 82.4 Å². The molecule has 0 fully saturated rings. The van der Waals surface area contributed by atoms with Gasteiger partial charge >= 0.3 is 0 Å². The Morgan fingerprint density at radius 2 is 0.966 bits per heavy atom. The van der Waals surface area contributed by atoms with E-state index >= 15 is 0 Å². The molecular formula is C56H36N2O. The minimum absolute atomic E-state index is 0.890. The lowest BCUT2D eigenvalue weighted by Gasteiger charge is -2.29. The maximum absolute atomic E-state index is 6.52. The van der Waals surface area contributed by atoms with Gasteiger partial charge in [0.15, 0.2) is 0 Å². The molecule has 2 heterocycles. The molecule has 0 unspecified atom stereocenters. The SMILES string of the molecule is c1cc(-c2ccc(N(c3ccccc3-c3ccc4oc5c6ccccc6ccc5c4c3)c3cccc4ccccc34)cc2)cc(-n2c3ccccc3c3ccccc32)c1. The van der Waals surface area contributed by atoms with Crippen molar-refractivity contribution in [2.75, 3.05) is 4.90 Å². The highest BCUT2D eigenvalue weighted by Crippen LogP contribution is 2.45. The Balaban J connectivity index is 0.995. The van der Waals surface area contributed by atoms with Crippen LogP contribution in [0.4, 0.5) is 17.1 Å². The molecule has 0 saturated carbocycles. The van der Waals surface area contributed by atoms with E-state index in [1.54, 1.807) is 0 Å². The molecule has 276 valence electrons. The predicted molar refractivity (Wildman–Crippen MR) is 249 cm³/mol. The molecule has 0 aliphatic rings. The maximum Gasteiger partial charge on any atom is 0.143 e. The molecule has 0 bridgehead atoms. The molecule has 0 aliphatic heterocycles. The van der Waals surface area contributed by atoms with Gasteiger partial charge in [-0.25, -0.2) is 0 Å². The Kier molecular flexibility index (Phi) is 7.54. The van der Waals surface area contributed by atoms with Crippen molar-refractivity contribution in [2.45, 2.75) is 0 Å². The van der Waals surface area contributed by atoms with E-state index in [1.165, 1.54) is 43.5 Å². The van der Waals surface area contributed by atoms with Gasteiger partial charge in [0.1, 0.15) is 11.2 Å². The van der Waals surface area contributed by atoms with E-state index in [2.05, 4.69) is 228 Å². The molecule has 0 saturated heterocycles. The topological polar surface area (TPSA) is 21.3 Å². The molecule has 2 aromatic heterocycles. The van der Waals surface area contributed by atoms with Crippen molar-refractivity contribution in [2.24, 2.45) is 0 Å².